The Bertz CT molecular complexity index is 675. The van der Waals surface area contributed by atoms with Crippen LogP contribution in [-0.2, 0) is 15.0 Å². The molecule has 0 aromatic heterocycles. The Morgan fingerprint density at radius 2 is 1.91 bits per heavy atom. The van der Waals surface area contributed by atoms with E-state index in [1.165, 1.54) is 29.6 Å². The van der Waals surface area contributed by atoms with Gasteiger partial charge in [-0.2, -0.15) is 17.0 Å². The Morgan fingerprint density at radius 3 is 2.48 bits per heavy atom. The van der Waals surface area contributed by atoms with E-state index in [1.807, 2.05) is 18.2 Å². The molecule has 1 aromatic carbocycles. The van der Waals surface area contributed by atoms with Gasteiger partial charge in [0, 0.05) is 46.2 Å². The maximum Gasteiger partial charge on any atom is 0.282 e. The molecular weight excluding hydrogens is 318 g/mol. The first kappa shape index (κ1) is 17.7. The Balaban J connectivity index is 2.48. The molecule has 0 aliphatic carbocycles. The molecule has 7 nitrogen and oxygen atoms in total. The lowest BCUT2D eigenvalue weighted by atomic mass is 10.0. The molecule has 0 radical (unpaired) electrons. The maximum atomic E-state index is 12.7. The fraction of sp³-hybridized carbons (Fsp3) is 0.533. The minimum absolute atomic E-state index is 0.0631. The molecule has 2 rings (SSSR count). The summed E-state index contributed by atoms with van der Waals surface area (Å²) in [5.41, 5.74) is 0.756. The number of nitrogens with zero attached hydrogens (tertiary/aromatic N) is 3. The van der Waals surface area contributed by atoms with Crippen molar-refractivity contribution >= 4 is 16.1 Å². The lowest BCUT2D eigenvalue weighted by Gasteiger charge is -2.41. The van der Waals surface area contributed by atoms with Crippen molar-refractivity contribution < 1.29 is 17.9 Å². The third-order valence-corrected chi connectivity index (χ3v) is 5.98. The van der Waals surface area contributed by atoms with E-state index in [9.17, 15) is 13.2 Å². The predicted octanol–water partition coefficient (Wildman–Crippen LogP) is 0.707. The SMILES string of the molecule is COc1ccccc1C1CN(C(C)=O)CCN1S(=O)(=O)N(C)C. The topological polar surface area (TPSA) is 70.2 Å². The summed E-state index contributed by atoms with van der Waals surface area (Å²) in [6, 6.07) is 6.83. The molecule has 1 aliphatic heterocycles. The Morgan fingerprint density at radius 1 is 1.26 bits per heavy atom. The molecule has 0 N–H and O–H groups in total. The predicted molar refractivity (Wildman–Crippen MR) is 87.3 cm³/mol. The minimum atomic E-state index is -3.60. The van der Waals surface area contributed by atoms with Gasteiger partial charge in [0.15, 0.2) is 0 Å². The molecule has 1 fully saturated rings. The molecule has 0 bridgehead atoms. The van der Waals surface area contributed by atoms with Crippen molar-refractivity contribution in [3.05, 3.63) is 29.8 Å². The number of piperazine rings is 1. The molecule has 1 aliphatic rings. The molecule has 0 spiro atoms. The van der Waals surface area contributed by atoms with Gasteiger partial charge in [0.25, 0.3) is 10.2 Å². The van der Waals surface area contributed by atoms with Crippen LogP contribution in [-0.4, -0.2) is 68.7 Å². The highest BCUT2D eigenvalue weighted by atomic mass is 32.2. The van der Waals surface area contributed by atoms with Gasteiger partial charge in [0.05, 0.1) is 13.2 Å². The minimum Gasteiger partial charge on any atom is -0.496 e. The number of rotatable bonds is 4. The highest BCUT2D eigenvalue weighted by molar-refractivity contribution is 7.86. The largest absolute Gasteiger partial charge is 0.496 e. The van der Waals surface area contributed by atoms with Crippen LogP contribution < -0.4 is 4.74 Å². The zero-order chi connectivity index (χ0) is 17.2. The number of amides is 1. The van der Waals surface area contributed by atoms with E-state index in [1.54, 1.807) is 18.1 Å². The third kappa shape index (κ3) is 3.49. The fourth-order valence-electron chi connectivity index (χ4n) is 2.73. The first-order valence-electron chi connectivity index (χ1n) is 7.36. The zero-order valence-electron chi connectivity index (χ0n) is 13.9. The second kappa shape index (κ2) is 6.86. The van der Waals surface area contributed by atoms with Crippen LogP contribution in [0.3, 0.4) is 0 Å². The van der Waals surface area contributed by atoms with Crippen molar-refractivity contribution in [3.8, 4) is 5.75 Å². The van der Waals surface area contributed by atoms with Gasteiger partial charge in [-0.05, 0) is 6.07 Å². The van der Waals surface area contributed by atoms with E-state index in [-0.39, 0.29) is 12.5 Å². The molecule has 23 heavy (non-hydrogen) atoms. The van der Waals surface area contributed by atoms with E-state index in [2.05, 4.69) is 0 Å². The van der Waals surface area contributed by atoms with Gasteiger partial charge in [-0.3, -0.25) is 4.79 Å². The number of para-hydroxylation sites is 1. The van der Waals surface area contributed by atoms with Crippen LogP contribution in [0, 0.1) is 0 Å². The summed E-state index contributed by atoms with van der Waals surface area (Å²) in [6.45, 7) is 2.44. The lowest BCUT2D eigenvalue weighted by molar-refractivity contribution is -0.131. The molecular formula is C15H23N3O4S. The highest BCUT2D eigenvalue weighted by Crippen LogP contribution is 2.34. The average Bonchev–Trinajstić information content (AvgIpc) is 2.53. The standard InChI is InChI=1S/C15H23N3O4S/c1-12(19)17-9-10-18(23(20,21)16(2)3)14(11-17)13-7-5-6-8-15(13)22-4/h5-8,14H,9-11H2,1-4H3. The molecule has 128 valence electrons. The quantitative estimate of drug-likeness (QED) is 0.809. The summed E-state index contributed by atoms with van der Waals surface area (Å²) in [6.07, 6.45) is 0. The summed E-state index contributed by atoms with van der Waals surface area (Å²) in [5.74, 6) is 0.550. The molecule has 1 amide bonds. The highest BCUT2D eigenvalue weighted by Gasteiger charge is 2.39. The Kier molecular flexibility index (Phi) is 5.28. The van der Waals surface area contributed by atoms with Gasteiger partial charge in [0.1, 0.15) is 5.75 Å². The van der Waals surface area contributed by atoms with E-state index in [4.69, 9.17) is 4.74 Å². The fourth-order valence-corrected chi connectivity index (χ4v) is 3.97. The lowest BCUT2D eigenvalue weighted by Crippen LogP contribution is -2.54. The van der Waals surface area contributed by atoms with Gasteiger partial charge in [-0.25, -0.2) is 0 Å². The monoisotopic (exact) mass is 341 g/mol. The number of methoxy groups -OCH3 is 1. The van der Waals surface area contributed by atoms with Crippen LogP contribution in [0.4, 0.5) is 0 Å². The van der Waals surface area contributed by atoms with Crippen LogP contribution in [0.1, 0.15) is 18.5 Å². The molecule has 8 heteroatoms. The first-order chi connectivity index (χ1) is 10.8. The van der Waals surface area contributed by atoms with E-state index >= 15 is 0 Å². The molecule has 0 saturated carbocycles. The van der Waals surface area contributed by atoms with Gasteiger partial charge < -0.3 is 9.64 Å². The van der Waals surface area contributed by atoms with Crippen molar-refractivity contribution in [2.45, 2.75) is 13.0 Å². The number of hydrogen-bond donors (Lipinski definition) is 0. The van der Waals surface area contributed by atoms with Crippen LogP contribution in [0.2, 0.25) is 0 Å². The number of carbonyl (C=O) groups excluding carboxylic acids is 1. The Hall–Kier alpha value is -1.64. The molecule has 1 aromatic rings. The molecule has 1 atom stereocenters. The van der Waals surface area contributed by atoms with Crippen LogP contribution in [0.25, 0.3) is 0 Å². The first-order valence-corrected chi connectivity index (χ1v) is 8.76. The van der Waals surface area contributed by atoms with Crippen molar-refractivity contribution in [3.63, 3.8) is 0 Å². The van der Waals surface area contributed by atoms with Crippen molar-refractivity contribution in [2.24, 2.45) is 0 Å². The van der Waals surface area contributed by atoms with Crippen LogP contribution in [0.15, 0.2) is 24.3 Å². The van der Waals surface area contributed by atoms with Crippen molar-refractivity contribution in [1.29, 1.82) is 0 Å². The maximum absolute atomic E-state index is 12.7. The molecule has 1 heterocycles. The number of hydrogen-bond acceptors (Lipinski definition) is 4. The van der Waals surface area contributed by atoms with Gasteiger partial charge >= 0.3 is 0 Å². The third-order valence-electron chi connectivity index (χ3n) is 4.03. The van der Waals surface area contributed by atoms with E-state index in [0.29, 0.717) is 18.8 Å². The van der Waals surface area contributed by atoms with E-state index < -0.39 is 16.3 Å². The number of benzene rings is 1. The summed E-state index contributed by atoms with van der Waals surface area (Å²) in [5, 5.41) is 0. The van der Waals surface area contributed by atoms with Crippen molar-refractivity contribution in [2.75, 3.05) is 40.8 Å². The number of carbonyl (C=O) groups is 1. The molecule has 1 saturated heterocycles. The van der Waals surface area contributed by atoms with Gasteiger partial charge in [-0.1, -0.05) is 18.2 Å². The smallest absolute Gasteiger partial charge is 0.282 e. The van der Waals surface area contributed by atoms with Gasteiger partial charge in [-0.15, -0.1) is 0 Å². The van der Waals surface area contributed by atoms with Gasteiger partial charge in [0.2, 0.25) is 5.91 Å². The molecule has 1 unspecified atom stereocenters. The van der Waals surface area contributed by atoms with E-state index in [0.717, 1.165) is 5.56 Å². The van der Waals surface area contributed by atoms with Crippen molar-refractivity contribution in [1.82, 2.24) is 13.5 Å². The van der Waals surface area contributed by atoms with Crippen LogP contribution in [0.5, 0.6) is 5.75 Å². The second-order valence-electron chi connectivity index (χ2n) is 5.62. The summed E-state index contributed by atoms with van der Waals surface area (Å²) in [4.78, 5) is 13.4. The summed E-state index contributed by atoms with van der Waals surface area (Å²) >= 11 is 0. The average molecular weight is 341 g/mol. The normalized spacial score (nSPS) is 19.9. The summed E-state index contributed by atoms with van der Waals surface area (Å²) in [7, 11) is 0.964. The summed E-state index contributed by atoms with van der Waals surface area (Å²) < 4.78 is 33.3. The number of ether oxygens (including phenoxy) is 1. The second-order valence-corrected chi connectivity index (χ2v) is 7.72. The zero-order valence-corrected chi connectivity index (χ0v) is 14.7. The Labute approximate surface area is 137 Å². The van der Waals surface area contributed by atoms with Crippen LogP contribution >= 0.6 is 0 Å².